The minimum absolute atomic E-state index is 0.0146. The molecule has 0 saturated carbocycles. The summed E-state index contributed by atoms with van der Waals surface area (Å²) in [7, 11) is 0. The summed E-state index contributed by atoms with van der Waals surface area (Å²) in [6, 6.07) is 6.51. The summed E-state index contributed by atoms with van der Waals surface area (Å²) in [6.07, 6.45) is 14.5. The van der Waals surface area contributed by atoms with Gasteiger partial charge in [0, 0.05) is 25.2 Å². The van der Waals surface area contributed by atoms with E-state index < -0.39 is 51.7 Å². The lowest BCUT2D eigenvalue weighted by Gasteiger charge is -2.07. The summed E-state index contributed by atoms with van der Waals surface area (Å²) in [4.78, 5) is 54.0. The lowest BCUT2D eigenvalue weighted by molar-refractivity contribution is 0.0693. The number of aromatic nitrogens is 4. The Morgan fingerprint density at radius 1 is 0.778 bits per heavy atom. The van der Waals surface area contributed by atoms with Crippen LogP contribution in [0, 0.1) is 48.0 Å². The third-order valence-corrected chi connectivity index (χ3v) is 5.62. The van der Waals surface area contributed by atoms with E-state index in [2.05, 4.69) is 28.2 Å². The maximum Gasteiger partial charge on any atom is 0.342 e. The van der Waals surface area contributed by atoms with Crippen LogP contribution in [0.5, 0.6) is 0 Å². The van der Waals surface area contributed by atoms with Crippen LogP contribution in [0.1, 0.15) is 44.7 Å². The van der Waals surface area contributed by atoms with E-state index in [9.17, 15) is 36.7 Å². The van der Waals surface area contributed by atoms with Crippen LogP contribution in [0.2, 0.25) is 0 Å². The van der Waals surface area contributed by atoms with Gasteiger partial charge in [-0.1, -0.05) is 18.1 Å². The van der Waals surface area contributed by atoms with Crippen LogP contribution in [0.25, 0.3) is 0 Å². The normalized spacial score (nSPS) is 9.84. The number of carboxylic acid groups (broad SMARTS) is 1. The van der Waals surface area contributed by atoms with Crippen LogP contribution >= 0.6 is 0 Å². The summed E-state index contributed by atoms with van der Waals surface area (Å²) in [5, 5.41) is 8.77. The van der Waals surface area contributed by atoms with Crippen molar-refractivity contribution >= 4 is 11.8 Å². The maximum absolute atomic E-state index is 13.2. The number of rotatable bonds is 8. The second-order valence-electron chi connectivity index (χ2n) is 8.82. The Morgan fingerprint density at radius 2 is 1.22 bits per heavy atom. The fraction of sp³-hybridized carbons (Fsp3) is 0.161. The summed E-state index contributed by atoms with van der Waals surface area (Å²) in [5.74, 6) is -1.24. The number of ketones is 1. The molecule has 0 amide bonds. The first-order chi connectivity index (χ1) is 21.4. The van der Waals surface area contributed by atoms with E-state index in [1.807, 2.05) is 0 Å². The van der Waals surface area contributed by atoms with E-state index in [4.69, 9.17) is 17.3 Å². The molecule has 4 aromatic rings. The number of carbonyl (C=O) groups excluding carboxylic acids is 1. The number of benzene rings is 2. The first-order valence-electron chi connectivity index (χ1n) is 12.7. The maximum atomic E-state index is 13.2. The fourth-order valence-corrected chi connectivity index (χ4v) is 3.45. The molecule has 0 radical (unpaired) electrons. The molecule has 0 aliphatic heterocycles. The van der Waals surface area contributed by atoms with Crippen molar-refractivity contribution in [1.29, 1.82) is 0 Å². The van der Waals surface area contributed by atoms with Gasteiger partial charge in [0.05, 0.1) is 32.3 Å². The molecule has 2 heterocycles. The molecule has 0 saturated heterocycles. The standard InChI is InChI=1S/C16H12F2N2O2.C12H8F2N2O3.C3H5N/c1-2-3-4-15(21)12-8-19-10-20(16(12)22)9-11-5-6-13(17)14(18)7-11;13-9-2-1-7(3-10(9)14)5-16-6-15-4-8(11(16)17)12(18)19;1-2-3-4/h1,5-8,10H,3-4,9H2;1-4,6H,5H2,(H,18,19);1H,3-4H2. The number of carbonyl (C=O) groups is 2. The quantitative estimate of drug-likeness (QED) is 0.173. The average Bonchev–Trinajstić information content (AvgIpc) is 3.02. The highest BCUT2D eigenvalue weighted by atomic mass is 19.2. The molecular formula is C31H25F4N5O5. The van der Waals surface area contributed by atoms with Crippen LogP contribution in [0.4, 0.5) is 17.6 Å². The SMILES string of the molecule is C#CCCC(=O)c1cncn(Cc2ccc(F)c(F)c2)c1=O.C#CCN.O=C(O)c1cncn(Cc2ccc(F)c(F)c2)c1=O. The van der Waals surface area contributed by atoms with Crippen LogP contribution in [-0.4, -0.2) is 42.5 Å². The van der Waals surface area contributed by atoms with E-state index >= 15 is 0 Å². The Labute approximate surface area is 253 Å². The molecule has 0 bridgehead atoms. The number of hydrogen-bond donors (Lipinski definition) is 2. The smallest absolute Gasteiger partial charge is 0.342 e. The Hall–Kier alpha value is -5.86. The zero-order valence-corrected chi connectivity index (χ0v) is 23.4. The van der Waals surface area contributed by atoms with Gasteiger partial charge in [0.15, 0.2) is 29.1 Å². The molecule has 0 fully saturated rings. The van der Waals surface area contributed by atoms with Crippen molar-refractivity contribution in [1.82, 2.24) is 19.1 Å². The van der Waals surface area contributed by atoms with Crippen LogP contribution in [-0.2, 0) is 13.1 Å². The van der Waals surface area contributed by atoms with Gasteiger partial charge in [-0.15, -0.1) is 18.8 Å². The van der Waals surface area contributed by atoms with Gasteiger partial charge in [-0.3, -0.25) is 23.5 Å². The van der Waals surface area contributed by atoms with Crippen LogP contribution in [0.15, 0.2) is 71.0 Å². The van der Waals surface area contributed by atoms with Crippen LogP contribution in [0.3, 0.4) is 0 Å². The van der Waals surface area contributed by atoms with Crippen molar-refractivity contribution in [3.8, 4) is 24.7 Å². The van der Waals surface area contributed by atoms with Gasteiger partial charge in [-0.05, 0) is 35.4 Å². The van der Waals surface area contributed by atoms with Gasteiger partial charge in [0.1, 0.15) is 11.1 Å². The molecule has 4 rings (SSSR count). The molecule has 0 aliphatic carbocycles. The molecule has 0 atom stereocenters. The van der Waals surface area contributed by atoms with Gasteiger partial charge in [0.2, 0.25) is 0 Å². The molecule has 0 aliphatic rings. The highest BCUT2D eigenvalue weighted by Gasteiger charge is 2.14. The predicted molar refractivity (Wildman–Crippen MR) is 155 cm³/mol. The van der Waals surface area contributed by atoms with Crippen molar-refractivity contribution in [3.05, 3.63) is 128 Å². The van der Waals surface area contributed by atoms with Gasteiger partial charge < -0.3 is 10.8 Å². The fourth-order valence-electron chi connectivity index (χ4n) is 3.45. The summed E-state index contributed by atoms with van der Waals surface area (Å²) in [5.41, 5.74) is 3.65. The average molecular weight is 624 g/mol. The Kier molecular flexibility index (Phi) is 13.6. The number of halogens is 4. The van der Waals surface area contributed by atoms with Gasteiger partial charge in [-0.2, -0.15) is 0 Å². The Morgan fingerprint density at radius 3 is 1.62 bits per heavy atom. The number of nitrogens with two attached hydrogens (primary N) is 1. The van der Waals surface area contributed by atoms with E-state index in [1.165, 1.54) is 24.7 Å². The Bertz CT molecular complexity index is 1880. The topological polar surface area (TPSA) is 150 Å². The van der Waals surface area contributed by atoms with E-state index in [0.29, 0.717) is 17.7 Å². The summed E-state index contributed by atoms with van der Waals surface area (Å²) >= 11 is 0. The lowest BCUT2D eigenvalue weighted by Crippen LogP contribution is -2.27. The third-order valence-electron chi connectivity index (χ3n) is 5.62. The molecule has 0 unspecified atom stereocenters. The van der Waals surface area contributed by atoms with E-state index in [-0.39, 0.29) is 31.5 Å². The third kappa shape index (κ3) is 10.4. The van der Waals surface area contributed by atoms with Gasteiger partial charge in [-0.25, -0.2) is 32.3 Å². The van der Waals surface area contributed by atoms with Gasteiger partial charge >= 0.3 is 5.97 Å². The van der Waals surface area contributed by atoms with E-state index in [1.54, 1.807) is 0 Å². The van der Waals surface area contributed by atoms with E-state index in [0.717, 1.165) is 45.9 Å². The van der Waals surface area contributed by atoms with Crippen molar-refractivity contribution in [2.24, 2.45) is 5.73 Å². The molecule has 0 spiro atoms. The van der Waals surface area contributed by atoms with Gasteiger partial charge in [0.25, 0.3) is 11.1 Å². The second-order valence-corrected chi connectivity index (χ2v) is 8.82. The first-order valence-corrected chi connectivity index (χ1v) is 12.7. The number of hydrogen-bond acceptors (Lipinski definition) is 7. The summed E-state index contributed by atoms with van der Waals surface area (Å²) < 4.78 is 54.0. The Balaban J connectivity index is 0.000000283. The van der Waals surface area contributed by atoms with Crippen molar-refractivity contribution in [2.75, 3.05) is 6.54 Å². The lowest BCUT2D eigenvalue weighted by atomic mass is 10.1. The van der Waals surface area contributed by atoms with Crippen molar-refractivity contribution in [3.63, 3.8) is 0 Å². The highest BCUT2D eigenvalue weighted by Crippen LogP contribution is 2.11. The highest BCUT2D eigenvalue weighted by molar-refractivity contribution is 5.95. The molecular weight excluding hydrogens is 598 g/mol. The molecule has 10 nitrogen and oxygen atoms in total. The minimum Gasteiger partial charge on any atom is -0.477 e. The zero-order valence-electron chi connectivity index (χ0n) is 23.4. The minimum atomic E-state index is -1.39. The number of Topliss-reactive ketones (excluding diaryl/α,β-unsaturated/α-hetero) is 1. The van der Waals surface area contributed by atoms with Crippen LogP contribution < -0.4 is 16.9 Å². The second kappa shape index (κ2) is 17.3. The first kappa shape index (κ1) is 35.3. The summed E-state index contributed by atoms with van der Waals surface area (Å²) in [6.45, 7) is 0.240. The monoisotopic (exact) mass is 623 g/mol. The molecule has 45 heavy (non-hydrogen) atoms. The van der Waals surface area contributed by atoms with Crippen molar-refractivity contribution in [2.45, 2.75) is 25.9 Å². The number of terminal acetylenes is 2. The molecule has 2 aromatic heterocycles. The number of aromatic carboxylic acids is 1. The largest absolute Gasteiger partial charge is 0.477 e. The molecule has 2 aromatic carbocycles. The zero-order chi connectivity index (χ0) is 33.5. The predicted octanol–water partition coefficient (Wildman–Crippen LogP) is 3.01. The molecule has 14 heteroatoms. The van der Waals surface area contributed by atoms with Crippen molar-refractivity contribution < 1.29 is 32.3 Å². The molecule has 3 N–H and O–H groups in total. The molecule has 232 valence electrons. The number of nitrogens with zero attached hydrogens (tertiary/aromatic N) is 4. The number of carboxylic acids is 1.